The van der Waals surface area contributed by atoms with Crippen molar-refractivity contribution in [2.75, 3.05) is 29.4 Å². The molecule has 0 unspecified atom stereocenters. The number of hydrogen-bond acceptors (Lipinski definition) is 6. The third kappa shape index (κ3) is 6.48. The molecular formula is C28H30N2O6S. The van der Waals surface area contributed by atoms with Gasteiger partial charge in [-0.25, -0.2) is 13.2 Å². The first-order chi connectivity index (χ1) is 17.9. The van der Waals surface area contributed by atoms with E-state index in [0.717, 1.165) is 31.2 Å². The van der Waals surface area contributed by atoms with Crippen LogP contribution < -0.4 is 14.4 Å². The van der Waals surface area contributed by atoms with E-state index >= 15 is 0 Å². The number of rotatable bonds is 10. The van der Waals surface area contributed by atoms with E-state index in [-0.39, 0.29) is 17.4 Å². The number of unbranched alkanes of at least 4 members (excludes halogenated alkanes) is 1. The zero-order valence-electron chi connectivity index (χ0n) is 20.7. The first-order valence-corrected chi connectivity index (χ1v) is 13.7. The van der Waals surface area contributed by atoms with Crippen molar-refractivity contribution in [1.82, 2.24) is 0 Å². The van der Waals surface area contributed by atoms with Gasteiger partial charge in [0.05, 0.1) is 22.8 Å². The molecule has 0 fully saturated rings. The first kappa shape index (κ1) is 26.2. The number of carbonyl (C=O) groups is 2. The number of nitrogens with one attached hydrogen (secondary N) is 1. The van der Waals surface area contributed by atoms with Gasteiger partial charge >= 0.3 is 5.97 Å². The number of amides is 1. The molecule has 37 heavy (non-hydrogen) atoms. The Hall–Kier alpha value is -3.85. The Bertz CT molecular complexity index is 1340. The molecule has 0 bridgehead atoms. The van der Waals surface area contributed by atoms with Gasteiger partial charge < -0.3 is 14.8 Å². The number of aryl methyl sites for hydroxylation is 1. The van der Waals surface area contributed by atoms with E-state index < -0.39 is 16.0 Å². The number of hydrogen-bond donors (Lipinski definition) is 1. The molecular weight excluding hydrogens is 492 g/mol. The van der Waals surface area contributed by atoms with Crippen LogP contribution in [0, 0.1) is 0 Å². The van der Waals surface area contributed by atoms with Crippen LogP contribution in [0.3, 0.4) is 0 Å². The molecule has 0 saturated heterocycles. The number of esters is 1. The second kappa shape index (κ2) is 11.9. The molecule has 1 aliphatic rings. The lowest BCUT2D eigenvalue weighted by atomic mass is 10.0. The molecule has 1 aliphatic heterocycles. The van der Waals surface area contributed by atoms with Crippen LogP contribution in [-0.2, 0) is 26.0 Å². The summed E-state index contributed by atoms with van der Waals surface area (Å²) >= 11 is 0. The van der Waals surface area contributed by atoms with Gasteiger partial charge in [0.25, 0.3) is 15.9 Å². The van der Waals surface area contributed by atoms with E-state index in [0.29, 0.717) is 35.8 Å². The Morgan fingerprint density at radius 2 is 1.70 bits per heavy atom. The van der Waals surface area contributed by atoms with Crippen molar-refractivity contribution in [3.63, 3.8) is 0 Å². The number of sulfonamides is 1. The Morgan fingerprint density at radius 3 is 2.43 bits per heavy atom. The smallest absolute Gasteiger partial charge is 0.338 e. The third-order valence-electron chi connectivity index (χ3n) is 5.98. The summed E-state index contributed by atoms with van der Waals surface area (Å²) in [6, 6.07) is 20.0. The summed E-state index contributed by atoms with van der Waals surface area (Å²) in [7, 11) is -3.72. The van der Waals surface area contributed by atoms with Gasteiger partial charge in [0.1, 0.15) is 5.75 Å². The Balaban J connectivity index is 1.31. The number of fused-ring (bicyclic) bond motifs is 1. The Kier molecular flexibility index (Phi) is 8.45. The van der Waals surface area contributed by atoms with E-state index in [1.54, 1.807) is 24.3 Å². The number of para-hydroxylation sites is 1. The van der Waals surface area contributed by atoms with Crippen molar-refractivity contribution in [3.8, 4) is 5.75 Å². The van der Waals surface area contributed by atoms with E-state index in [1.807, 2.05) is 31.2 Å². The molecule has 1 heterocycles. The second-order valence-corrected chi connectivity index (χ2v) is 10.5. The van der Waals surface area contributed by atoms with Crippen molar-refractivity contribution in [2.24, 2.45) is 0 Å². The summed E-state index contributed by atoms with van der Waals surface area (Å²) in [5, 5.41) is 2.70. The lowest BCUT2D eigenvalue weighted by Gasteiger charge is -2.30. The molecule has 8 nitrogen and oxygen atoms in total. The highest BCUT2D eigenvalue weighted by molar-refractivity contribution is 7.92. The standard InChI is InChI=1S/C28H30N2O6S/c1-2-3-19-35-28(32)22-10-12-23(13-11-22)29-27(31)20-36-24-14-16-25(17-15-24)37(33,34)30-18-6-8-21-7-4-5-9-26(21)30/h4-5,7,9-17H,2-3,6,8,18-20H2,1H3,(H,29,31). The number of benzene rings is 3. The molecule has 0 saturated carbocycles. The summed E-state index contributed by atoms with van der Waals surface area (Å²) in [6.45, 7) is 2.57. The van der Waals surface area contributed by atoms with E-state index in [4.69, 9.17) is 9.47 Å². The van der Waals surface area contributed by atoms with Crippen molar-refractivity contribution in [1.29, 1.82) is 0 Å². The summed E-state index contributed by atoms with van der Waals surface area (Å²) in [5.74, 6) is -0.414. The molecule has 194 valence electrons. The summed E-state index contributed by atoms with van der Waals surface area (Å²) < 4.78 is 38.7. The van der Waals surface area contributed by atoms with Gasteiger partial charge in [-0.15, -0.1) is 0 Å². The number of carbonyl (C=O) groups excluding carboxylic acids is 2. The highest BCUT2D eigenvalue weighted by Gasteiger charge is 2.28. The fourth-order valence-electron chi connectivity index (χ4n) is 4.01. The van der Waals surface area contributed by atoms with E-state index in [1.165, 1.54) is 28.6 Å². The lowest BCUT2D eigenvalue weighted by Crippen LogP contribution is -2.35. The van der Waals surface area contributed by atoms with Crippen LogP contribution in [0.4, 0.5) is 11.4 Å². The van der Waals surface area contributed by atoms with Crippen LogP contribution in [0.1, 0.15) is 42.1 Å². The third-order valence-corrected chi connectivity index (χ3v) is 7.81. The van der Waals surface area contributed by atoms with Crippen molar-refractivity contribution in [2.45, 2.75) is 37.5 Å². The van der Waals surface area contributed by atoms with Crippen LogP contribution in [0.2, 0.25) is 0 Å². The maximum Gasteiger partial charge on any atom is 0.338 e. The van der Waals surface area contributed by atoms with Gasteiger partial charge in [-0.3, -0.25) is 9.10 Å². The largest absolute Gasteiger partial charge is 0.484 e. The highest BCUT2D eigenvalue weighted by Crippen LogP contribution is 2.32. The number of ether oxygens (including phenoxy) is 2. The minimum absolute atomic E-state index is 0.161. The van der Waals surface area contributed by atoms with E-state index in [2.05, 4.69) is 5.32 Å². The minimum Gasteiger partial charge on any atom is -0.484 e. The number of anilines is 2. The molecule has 0 radical (unpaired) electrons. The zero-order valence-corrected chi connectivity index (χ0v) is 21.5. The summed E-state index contributed by atoms with van der Waals surface area (Å²) in [4.78, 5) is 24.4. The molecule has 1 amide bonds. The predicted molar refractivity (Wildman–Crippen MR) is 141 cm³/mol. The van der Waals surface area contributed by atoms with Gasteiger partial charge in [-0.1, -0.05) is 31.5 Å². The highest BCUT2D eigenvalue weighted by atomic mass is 32.2. The molecule has 0 aliphatic carbocycles. The number of nitrogens with zero attached hydrogens (tertiary/aromatic N) is 1. The molecule has 9 heteroatoms. The maximum atomic E-state index is 13.3. The monoisotopic (exact) mass is 522 g/mol. The van der Waals surface area contributed by atoms with Crippen LogP contribution in [0.25, 0.3) is 0 Å². The van der Waals surface area contributed by atoms with Crippen molar-refractivity contribution < 1.29 is 27.5 Å². The molecule has 3 aromatic carbocycles. The normalized spacial score (nSPS) is 12.9. The molecule has 0 aromatic heterocycles. The molecule has 4 rings (SSSR count). The first-order valence-electron chi connectivity index (χ1n) is 12.3. The van der Waals surface area contributed by atoms with Crippen LogP contribution >= 0.6 is 0 Å². The fourth-order valence-corrected chi connectivity index (χ4v) is 5.55. The summed E-state index contributed by atoms with van der Waals surface area (Å²) in [5.41, 5.74) is 2.66. The quantitative estimate of drug-likeness (QED) is 0.303. The van der Waals surface area contributed by atoms with Gasteiger partial charge in [-0.2, -0.15) is 0 Å². The summed E-state index contributed by atoms with van der Waals surface area (Å²) in [6.07, 6.45) is 3.37. The van der Waals surface area contributed by atoms with Gasteiger partial charge in [-0.05, 0) is 79.4 Å². The zero-order chi connectivity index (χ0) is 26.3. The topological polar surface area (TPSA) is 102 Å². The minimum atomic E-state index is -3.72. The predicted octanol–water partition coefficient (Wildman–Crippen LogP) is 4.80. The Morgan fingerprint density at radius 1 is 0.973 bits per heavy atom. The molecule has 0 atom stereocenters. The Labute approximate surface area is 217 Å². The van der Waals surface area contributed by atoms with Gasteiger partial charge in [0.2, 0.25) is 0 Å². The second-order valence-electron chi connectivity index (χ2n) is 8.68. The fraction of sp³-hybridized carbons (Fsp3) is 0.286. The van der Waals surface area contributed by atoms with Crippen molar-refractivity contribution >= 4 is 33.3 Å². The maximum absolute atomic E-state index is 13.3. The van der Waals surface area contributed by atoms with E-state index in [9.17, 15) is 18.0 Å². The average Bonchev–Trinajstić information content (AvgIpc) is 2.92. The lowest BCUT2D eigenvalue weighted by molar-refractivity contribution is -0.118. The van der Waals surface area contributed by atoms with Crippen LogP contribution in [0.15, 0.2) is 77.7 Å². The van der Waals surface area contributed by atoms with Gasteiger partial charge in [0.15, 0.2) is 6.61 Å². The SMILES string of the molecule is CCCCOC(=O)c1ccc(NC(=O)COc2ccc(S(=O)(=O)N3CCCc4ccccc43)cc2)cc1. The average molecular weight is 523 g/mol. The molecule has 0 spiro atoms. The molecule has 3 aromatic rings. The van der Waals surface area contributed by atoms with Crippen LogP contribution in [0.5, 0.6) is 5.75 Å². The van der Waals surface area contributed by atoms with Crippen LogP contribution in [-0.4, -0.2) is 40.1 Å². The molecule has 1 N–H and O–H groups in total. The van der Waals surface area contributed by atoms with Gasteiger partial charge in [0, 0.05) is 12.2 Å². The van der Waals surface area contributed by atoms with Crippen molar-refractivity contribution in [3.05, 3.63) is 83.9 Å².